The van der Waals surface area contributed by atoms with Crippen molar-refractivity contribution < 1.29 is 17.9 Å². The van der Waals surface area contributed by atoms with Crippen molar-refractivity contribution in [3.63, 3.8) is 0 Å². The Morgan fingerprint density at radius 2 is 1.66 bits per heavy atom. The number of anilines is 3. The molecule has 9 heteroatoms. The zero-order valence-electron chi connectivity index (χ0n) is 17.4. The van der Waals surface area contributed by atoms with E-state index in [0.29, 0.717) is 17.1 Å². The first kappa shape index (κ1) is 22.3. The van der Waals surface area contributed by atoms with Crippen LogP contribution in [0.1, 0.15) is 12.8 Å². The fraction of sp³-hybridized carbons (Fsp3) is 0.261. The number of nitrogens with zero attached hydrogens (tertiary/aromatic N) is 2. The fourth-order valence-corrected chi connectivity index (χ4v) is 4.09. The fourth-order valence-electron chi connectivity index (χ4n) is 3.59. The molecular weight excluding hydrogens is 437 g/mol. The standard InChI is InChI=1S/C23H23F3N4OS/c1-27-32-20-10-6-17(7-11-20)28-22-15-18(30-12-2-3-13-30)14-21(29-22)16-4-8-19(9-5-16)31-23(24,25)26/h4-11,14-15,27H,2-3,12-13H2,1H3,(H,28,29). The SMILES string of the molecule is CNSc1ccc(Nc2cc(N3CCCC3)cc(-c3ccc(OC(F)(F)F)cc3)n2)cc1. The van der Waals surface area contributed by atoms with Gasteiger partial charge in [0.1, 0.15) is 11.6 Å². The van der Waals surface area contributed by atoms with Gasteiger partial charge in [0.15, 0.2) is 0 Å². The van der Waals surface area contributed by atoms with Gasteiger partial charge in [-0.1, -0.05) is 0 Å². The van der Waals surface area contributed by atoms with Gasteiger partial charge < -0.3 is 15.0 Å². The lowest BCUT2D eigenvalue weighted by Gasteiger charge is -2.20. The molecule has 3 aromatic rings. The van der Waals surface area contributed by atoms with Crippen LogP contribution in [0, 0.1) is 0 Å². The summed E-state index contributed by atoms with van der Waals surface area (Å²) in [4.78, 5) is 8.11. The van der Waals surface area contributed by atoms with E-state index in [-0.39, 0.29) is 5.75 Å². The Kier molecular flexibility index (Phi) is 6.76. The summed E-state index contributed by atoms with van der Waals surface area (Å²) >= 11 is 1.53. The molecule has 168 valence electrons. The Morgan fingerprint density at radius 1 is 0.969 bits per heavy atom. The van der Waals surface area contributed by atoms with Crippen LogP contribution in [0.15, 0.2) is 65.6 Å². The van der Waals surface area contributed by atoms with Gasteiger partial charge >= 0.3 is 6.36 Å². The minimum Gasteiger partial charge on any atom is -0.406 e. The number of hydrogen-bond acceptors (Lipinski definition) is 6. The van der Waals surface area contributed by atoms with Crippen molar-refractivity contribution in [1.82, 2.24) is 9.71 Å². The summed E-state index contributed by atoms with van der Waals surface area (Å²) in [5.41, 5.74) is 3.33. The van der Waals surface area contributed by atoms with Crippen LogP contribution in [-0.4, -0.2) is 31.5 Å². The quantitative estimate of drug-likeness (QED) is 0.409. The highest BCUT2D eigenvalue weighted by Gasteiger charge is 2.31. The number of nitrogens with one attached hydrogen (secondary N) is 2. The highest BCUT2D eigenvalue weighted by molar-refractivity contribution is 7.97. The molecule has 1 aliphatic heterocycles. The zero-order valence-corrected chi connectivity index (χ0v) is 18.3. The van der Waals surface area contributed by atoms with Gasteiger partial charge in [-0.15, -0.1) is 13.2 Å². The second-order valence-electron chi connectivity index (χ2n) is 7.32. The predicted octanol–water partition coefficient (Wildman–Crippen LogP) is 6.22. The molecule has 0 aliphatic carbocycles. The van der Waals surface area contributed by atoms with Crippen LogP contribution >= 0.6 is 11.9 Å². The number of ether oxygens (including phenoxy) is 1. The van der Waals surface area contributed by atoms with E-state index < -0.39 is 6.36 Å². The van der Waals surface area contributed by atoms with E-state index in [2.05, 4.69) is 19.7 Å². The van der Waals surface area contributed by atoms with Crippen LogP contribution in [0.4, 0.5) is 30.4 Å². The van der Waals surface area contributed by atoms with Crippen molar-refractivity contribution in [2.45, 2.75) is 24.1 Å². The Hall–Kier alpha value is -2.91. The third-order valence-electron chi connectivity index (χ3n) is 5.01. The summed E-state index contributed by atoms with van der Waals surface area (Å²) in [6, 6.07) is 17.7. The summed E-state index contributed by atoms with van der Waals surface area (Å²) in [6.45, 7) is 1.94. The van der Waals surface area contributed by atoms with Gasteiger partial charge in [-0.25, -0.2) is 4.98 Å². The molecular formula is C23H23F3N4OS. The third kappa shape index (κ3) is 5.86. The monoisotopic (exact) mass is 460 g/mol. The number of hydrogen-bond donors (Lipinski definition) is 2. The second-order valence-corrected chi connectivity index (χ2v) is 8.40. The minimum atomic E-state index is -4.71. The normalized spacial score (nSPS) is 13.9. The van der Waals surface area contributed by atoms with Crippen molar-refractivity contribution in [3.8, 4) is 17.0 Å². The first-order chi connectivity index (χ1) is 15.4. The van der Waals surface area contributed by atoms with E-state index >= 15 is 0 Å². The van der Waals surface area contributed by atoms with E-state index in [1.165, 1.54) is 24.1 Å². The molecule has 0 amide bonds. The molecule has 2 aromatic carbocycles. The average molecular weight is 461 g/mol. The molecule has 0 atom stereocenters. The van der Waals surface area contributed by atoms with E-state index in [1.807, 2.05) is 43.4 Å². The van der Waals surface area contributed by atoms with Gasteiger partial charge in [-0.3, -0.25) is 4.72 Å². The molecule has 0 radical (unpaired) electrons. The van der Waals surface area contributed by atoms with Gasteiger partial charge in [0, 0.05) is 41.0 Å². The average Bonchev–Trinajstić information content (AvgIpc) is 3.30. The Balaban J connectivity index is 1.62. The van der Waals surface area contributed by atoms with E-state index in [9.17, 15) is 13.2 Å². The van der Waals surface area contributed by atoms with Crippen molar-refractivity contribution in [2.24, 2.45) is 0 Å². The van der Waals surface area contributed by atoms with Crippen LogP contribution in [0.3, 0.4) is 0 Å². The maximum absolute atomic E-state index is 12.5. The Labute approximate surface area is 189 Å². The van der Waals surface area contributed by atoms with Crippen molar-refractivity contribution in [2.75, 3.05) is 30.4 Å². The summed E-state index contributed by atoms with van der Waals surface area (Å²) in [7, 11) is 1.87. The topological polar surface area (TPSA) is 49.4 Å². The first-order valence-electron chi connectivity index (χ1n) is 10.2. The first-order valence-corrected chi connectivity index (χ1v) is 11.1. The molecule has 1 aromatic heterocycles. The van der Waals surface area contributed by atoms with Gasteiger partial charge in [-0.05, 0) is 86.4 Å². The third-order valence-corrected chi connectivity index (χ3v) is 5.72. The molecule has 0 unspecified atom stereocenters. The molecule has 4 rings (SSSR count). The second kappa shape index (κ2) is 9.70. The highest BCUT2D eigenvalue weighted by atomic mass is 32.2. The summed E-state index contributed by atoms with van der Waals surface area (Å²) < 4.78 is 44.4. The zero-order chi connectivity index (χ0) is 22.6. The van der Waals surface area contributed by atoms with Crippen LogP contribution in [0.5, 0.6) is 5.75 Å². The minimum absolute atomic E-state index is 0.255. The van der Waals surface area contributed by atoms with Crippen molar-refractivity contribution in [3.05, 3.63) is 60.7 Å². The molecule has 2 heterocycles. The molecule has 1 fully saturated rings. The lowest BCUT2D eigenvalue weighted by molar-refractivity contribution is -0.274. The Morgan fingerprint density at radius 3 is 2.28 bits per heavy atom. The predicted molar refractivity (Wildman–Crippen MR) is 122 cm³/mol. The van der Waals surface area contributed by atoms with Crippen LogP contribution in [0.25, 0.3) is 11.3 Å². The number of halogens is 3. The van der Waals surface area contributed by atoms with Gasteiger partial charge in [0.25, 0.3) is 0 Å². The van der Waals surface area contributed by atoms with Gasteiger partial charge in [0.05, 0.1) is 5.69 Å². The van der Waals surface area contributed by atoms with Crippen LogP contribution in [0.2, 0.25) is 0 Å². The van der Waals surface area contributed by atoms with Crippen LogP contribution < -0.4 is 19.7 Å². The van der Waals surface area contributed by atoms with Gasteiger partial charge in [-0.2, -0.15) is 0 Å². The smallest absolute Gasteiger partial charge is 0.406 e. The molecule has 0 spiro atoms. The molecule has 32 heavy (non-hydrogen) atoms. The summed E-state index contributed by atoms with van der Waals surface area (Å²) in [6.07, 6.45) is -2.45. The number of aromatic nitrogens is 1. The molecule has 0 bridgehead atoms. The summed E-state index contributed by atoms with van der Waals surface area (Å²) in [5, 5.41) is 3.35. The number of alkyl halides is 3. The van der Waals surface area contributed by atoms with E-state index in [1.54, 1.807) is 12.1 Å². The van der Waals surface area contributed by atoms with Crippen molar-refractivity contribution >= 4 is 29.1 Å². The van der Waals surface area contributed by atoms with E-state index in [4.69, 9.17) is 4.98 Å². The lowest BCUT2D eigenvalue weighted by atomic mass is 10.1. The highest BCUT2D eigenvalue weighted by Crippen LogP contribution is 2.32. The number of rotatable bonds is 7. The molecule has 2 N–H and O–H groups in total. The summed E-state index contributed by atoms with van der Waals surface area (Å²) in [5.74, 6) is 0.420. The van der Waals surface area contributed by atoms with E-state index in [0.717, 1.165) is 42.2 Å². The molecule has 0 saturated carbocycles. The maximum Gasteiger partial charge on any atom is 0.573 e. The molecule has 1 saturated heterocycles. The lowest BCUT2D eigenvalue weighted by Crippen LogP contribution is -2.18. The largest absolute Gasteiger partial charge is 0.573 e. The maximum atomic E-state index is 12.5. The number of benzene rings is 2. The van der Waals surface area contributed by atoms with Gasteiger partial charge in [0.2, 0.25) is 0 Å². The molecule has 5 nitrogen and oxygen atoms in total. The number of pyridine rings is 1. The Bertz CT molecular complexity index is 1040. The van der Waals surface area contributed by atoms with Crippen LogP contribution in [-0.2, 0) is 0 Å². The van der Waals surface area contributed by atoms with Crippen molar-refractivity contribution in [1.29, 1.82) is 0 Å². The molecule has 1 aliphatic rings.